The Morgan fingerprint density at radius 3 is 2.68 bits per heavy atom. The molecule has 2 fully saturated rings. The molecule has 1 spiro atoms. The summed E-state index contributed by atoms with van der Waals surface area (Å²) < 4.78 is 7.75. The Balaban J connectivity index is 1.64. The zero-order chi connectivity index (χ0) is 15.5. The summed E-state index contributed by atoms with van der Waals surface area (Å²) in [4.78, 5) is 15.0. The molecule has 5 heteroatoms. The molecule has 1 aliphatic carbocycles. The standard InChI is InChI=1S/C17H25N3O2/c1-4-20-15(13-8-11(2)22-12(3)14(13)18-20)16(21)19-9-17(10-19)6-5-7-17/h11-12H,4-10H2,1-3H3/t11-,12+/m0/s1. The van der Waals surface area contributed by atoms with E-state index in [1.165, 1.54) is 19.3 Å². The fourth-order valence-electron chi connectivity index (χ4n) is 4.31. The lowest BCUT2D eigenvalue weighted by atomic mass is 9.63. The van der Waals surface area contributed by atoms with Crippen molar-refractivity contribution >= 4 is 5.91 Å². The number of aromatic nitrogens is 2. The van der Waals surface area contributed by atoms with Gasteiger partial charge in [0.15, 0.2) is 0 Å². The third-order valence-electron chi connectivity index (χ3n) is 5.65. The largest absolute Gasteiger partial charge is 0.369 e. The molecule has 1 amide bonds. The molecule has 5 nitrogen and oxygen atoms in total. The Kier molecular flexibility index (Phi) is 3.12. The Morgan fingerprint density at radius 2 is 2.09 bits per heavy atom. The number of nitrogens with zero attached hydrogens (tertiary/aromatic N) is 3. The van der Waals surface area contributed by atoms with Crippen molar-refractivity contribution in [2.75, 3.05) is 13.1 Å². The van der Waals surface area contributed by atoms with Gasteiger partial charge in [-0.15, -0.1) is 0 Å². The van der Waals surface area contributed by atoms with E-state index in [9.17, 15) is 4.79 Å². The van der Waals surface area contributed by atoms with Crippen molar-refractivity contribution in [3.63, 3.8) is 0 Å². The zero-order valence-electron chi connectivity index (χ0n) is 13.8. The number of rotatable bonds is 2. The van der Waals surface area contributed by atoms with Crippen LogP contribution in [0.3, 0.4) is 0 Å². The van der Waals surface area contributed by atoms with Crippen LogP contribution in [-0.2, 0) is 17.7 Å². The molecule has 3 heterocycles. The van der Waals surface area contributed by atoms with E-state index in [1.54, 1.807) is 0 Å². The highest BCUT2D eigenvalue weighted by molar-refractivity contribution is 5.95. The number of likely N-dealkylation sites (tertiary alicyclic amines) is 1. The molecule has 0 unspecified atom stereocenters. The summed E-state index contributed by atoms with van der Waals surface area (Å²) in [7, 11) is 0. The third-order valence-corrected chi connectivity index (χ3v) is 5.65. The molecular formula is C17H25N3O2. The molecule has 0 radical (unpaired) electrons. The number of ether oxygens (including phenoxy) is 1. The van der Waals surface area contributed by atoms with E-state index in [2.05, 4.69) is 12.0 Å². The van der Waals surface area contributed by atoms with Crippen LogP contribution < -0.4 is 0 Å². The lowest BCUT2D eigenvalue weighted by Crippen LogP contribution is -2.61. The summed E-state index contributed by atoms with van der Waals surface area (Å²) in [6, 6.07) is 0. The van der Waals surface area contributed by atoms with E-state index >= 15 is 0 Å². The second kappa shape index (κ2) is 4.82. The Hall–Kier alpha value is -1.36. The molecule has 3 aliphatic rings. The topological polar surface area (TPSA) is 47.4 Å². The second-order valence-corrected chi connectivity index (χ2v) is 7.34. The predicted molar refractivity (Wildman–Crippen MR) is 82.8 cm³/mol. The van der Waals surface area contributed by atoms with E-state index in [0.29, 0.717) is 5.41 Å². The monoisotopic (exact) mass is 303 g/mol. The number of carbonyl (C=O) groups is 1. The molecule has 120 valence electrons. The van der Waals surface area contributed by atoms with Gasteiger partial charge in [0.1, 0.15) is 5.69 Å². The van der Waals surface area contributed by atoms with Crippen molar-refractivity contribution in [3.05, 3.63) is 17.0 Å². The van der Waals surface area contributed by atoms with Gasteiger partial charge in [0, 0.05) is 37.0 Å². The van der Waals surface area contributed by atoms with Crippen LogP contribution in [-0.4, -0.2) is 39.8 Å². The van der Waals surface area contributed by atoms with Crippen molar-refractivity contribution < 1.29 is 9.53 Å². The van der Waals surface area contributed by atoms with Crippen LogP contribution in [0.5, 0.6) is 0 Å². The van der Waals surface area contributed by atoms with Gasteiger partial charge in [-0.2, -0.15) is 5.10 Å². The van der Waals surface area contributed by atoms with Crippen molar-refractivity contribution in [2.45, 2.75) is 65.2 Å². The SMILES string of the molecule is CCn1nc2c(c1C(=O)N1CC3(CCC3)C1)C[C@H](C)O[C@@H]2C. The number of carbonyl (C=O) groups excluding carboxylic acids is 1. The summed E-state index contributed by atoms with van der Waals surface area (Å²) in [5.41, 5.74) is 3.36. The summed E-state index contributed by atoms with van der Waals surface area (Å²) in [5, 5.41) is 4.66. The van der Waals surface area contributed by atoms with E-state index in [0.717, 1.165) is 43.0 Å². The first-order valence-electron chi connectivity index (χ1n) is 8.57. The second-order valence-electron chi connectivity index (χ2n) is 7.34. The molecule has 1 saturated heterocycles. The zero-order valence-corrected chi connectivity index (χ0v) is 13.8. The fraction of sp³-hybridized carbons (Fsp3) is 0.765. The van der Waals surface area contributed by atoms with Crippen LogP contribution in [0.1, 0.15) is 67.9 Å². The maximum Gasteiger partial charge on any atom is 0.272 e. The predicted octanol–water partition coefficient (Wildman–Crippen LogP) is 2.55. The maximum absolute atomic E-state index is 13.0. The van der Waals surface area contributed by atoms with Crippen molar-refractivity contribution in [2.24, 2.45) is 5.41 Å². The minimum atomic E-state index is -0.0209. The molecular weight excluding hydrogens is 278 g/mol. The van der Waals surface area contributed by atoms with Gasteiger partial charge in [-0.1, -0.05) is 6.42 Å². The van der Waals surface area contributed by atoms with Gasteiger partial charge >= 0.3 is 0 Å². The molecule has 22 heavy (non-hydrogen) atoms. The molecule has 1 aromatic rings. The van der Waals surface area contributed by atoms with Crippen molar-refractivity contribution in [3.8, 4) is 0 Å². The van der Waals surface area contributed by atoms with Crippen molar-refractivity contribution in [1.82, 2.24) is 14.7 Å². The van der Waals surface area contributed by atoms with E-state index in [-0.39, 0.29) is 18.1 Å². The summed E-state index contributed by atoms with van der Waals surface area (Å²) in [5.74, 6) is 0.175. The van der Waals surface area contributed by atoms with E-state index in [1.807, 2.05) is 23.4 Å². The first kappa shape index (κ1) is 14.2. The minimum absolute atomic E-state index is 0.0209. The quantitative estimate of drug-likeness (QED) is 0.843. The van der Waals surface area contributed by atoms with E-state index in [4.69, 9.17) is 4.74 Å². The van der Waals surface area contributed by atoms with Crippen LogP contribution >= 0.6 is 0 Å². The summed E-state index contributed by atoms with van der Waals surface area (Å²) in [6.45, 7) is 8.77. The van der Waals surface area contributed by atoms with E-state index < -0.39 is 0 Å². The van der Waals surface area contributed by atoms with Gasteiger partial charge in [-0.25, -0.2) is 0 Å². The Morgan fingerprint density at radius 1 is 1.36 bits per heavy atom. The summed E-state index contributed by atoms with van der Waals surface area (Å²) >= 11 is 0. The lowest BCUT2D eigenvalue weighted by Gasteiger charge is -2.55. The molecule has 2 aliphatic heterocycles. The van der Waals surface area contributed by atoms with Gasteiger partial charge in [0.25, 0.3) is 5.91 Å². The molecule has 0 bridgehead atoms. The normalized spacial score (nSPS) is 29.0. The van der Waals surface area contributed by atoms with Crippen LogP contribution in [0.15, 0.2) is 0 Å². The first-order chi connectivity index (χ1) is 10.5. The van der Waals surface area contributed by atoms with Crippen LogP contribution in [0.2, 0.25) is 0 Å². The number of amides is 1. The molecule has 2 atom stereocenters. The van der Waals surface area contributed by atoms with Crippen LogP contribution in [0.4, 0.5) is 0 Å². The smallest absolute Gasteiger partial charge is 0.272 e. The van der Waals surface area contributed by atoms with Gasteiger partial charge < -0.3 is 9.64 Å². The molecule has 1 saturated carbocycles. The number of hydrogen-bond acceptors (Lipinski definition) is 3. The summed E-state index contributed by atoms with van der Waals surface area (Å²) in [6.07, 6.45) is 4.84. The molecule has 1 aromatic heterocycles. The highest BCUT2D eigenvalue weighted by Gasteiger charge is 2.50. The average molecular weight is 303 g/mol. The Labute approximate surface area is 131 Å². The third kappa shape index (κ3) is 1.94. The highest BCUT2D eigenvalue weighted by Crippen LogP contribution is 2.48. The van der Waals surface area contributed by atoms with Crippen LogP contribution in [0.25, 0.3) is 0 Å². The molecule has 0 aromatic carbocycles. The number of aryl methyl sites for hydroxylation is 1. The fourth-order valence-corrected chi connectivity index (χ4v) is 4.31. The average Bonchev–Trinajstić information content (AvgIpc) is 2.73. The van der Waals surface area contributed by atoms with Gasteiger partial charge in [-0.05, 0) is 33.6 Å². The Bertz CT molecular complexity index is 610. The van der Waals surface area contributed by atoms with Gasteiger partial charge in [-0.3, -0.25) is 9.48 Å². The minimum Gasteiger partial charge on any atom is -0.369 e. The number of hydrogen-bond donors (Lipinski definition) is 0. The molecule has 4 rings (SSSR count). The van der Waals surface area contributed by atoms with Gasteiger partial charge in [0.2, 0.25) is 0 Å². The number of fused-ring (bicyclic) bond motifs is 1. The molecule has 0 N–H and O–H groups in total. The first-order valence-corrected chi connectivity index (χ1v) is 8.57. The van der Waals surface area contributed by atoms with Crippen LogP contribution in [0, 0.1) is 5.41 Å². The maximum atomic E-state index is 13.0. The highest BCUT2D eigenvalue weighted by atomic mass is 16.5. The van der Waals surface area contributed by atoms with Gasteiger partial charge in [0.05, 0.1) is 17.9 Å². The lowest BCUT2D eigenvalue weighted by molar-refractivity contribution is -0.0433. The van der Waals surface area contributed by atoms with Crippen molar-refractivity contribution in [1.29, 1.82) is 0 Å².